The van der Waals surface area contributed by atoms with Crippen LogP contribution in [0.15, 0.2) is 60.9 Å². The fourth-order valence-electron chi connectivity index (χ4n) is 3.84. The third-order valence-corrected chi connectivity index (χ3v) is 5.55. The Bertz CT molecular complexity index is 1210. The van der Waals surface area contributed by atoms with Crippen molar-refractivity contribution in [2.45, 2.75) is 0 Å². The first kappa shape index (κ1) is 19.5. The van der Waals surface area contributed by atoms with Crippen LogP contribution in [0.5, 0.6) is 5.75 Å². The summed E-state index contributed by atoms with van der Waals surface area (Å²) in [5, 5.41) is 6.63. The molecule has 31 heavy (non-hydrogen) atoms. The molecule has 2 heterocycles. The minimum atomic E-state index is 0.572. The van der Waals surface area contributed by atoms with Crippen molar-refractivity contribution in [2.24, 2.45) is 0 Å². The number of hydrogen-bond acceptors (Lipinski definition) is 7. The van der Waals surface area contributed by atoms with Crippen LogP contribution in [-0.2, 0) is 4.74 Å². The highest BCUT2D eigenvalue weighted by Crippen LogP contribution is 2.32. The molecule has 0 saturated carbocycles. The van der Waals surface area contributed by atoms with Crippen LogP contribution in [0, 0.1) is 0 Å². The number of nitrogens with two attached hydrogens (primary N) is 1. The van der Waals surface area contributed by atoms with Gasteiger partial charge >= 0.3 is 0 Å². The predicted octanol–water partition coefficient (Wildman–Crippen LogP) is 3.82. The lowest BCUT2D eigenvalue weighted by Crippen LogP contribution is -2.38. The summed E-state index contributed by atoms with van der Waals surface area (Å²) in [6.07, 6.45) is 1.55. The molecule has 3 aromatic carbocycles. The van der Waals surface area contributed by atoms with Crippen molar-refractivity contribution in [1.82, 2.24) is 14.9 Å². The summed E-state index contributed by atoms with van der Waals surface area (Å²) in [6, 6.07) is 18.3. The Balaban J connectivity index is 1.35. The molecule has 1 saturated heterocycles. The predicted molar refractivity (Wildman–Crippen MR) is 124 cm³/mol. The molecular formula is C24H25N5O2. The molecule has 1 aromatic heterocycles. The van der Waals surface area contributed by atoms with Crippen molar-refractivity contribution in [1.29, 1.82) is 0 Å². The number of ether oxygens (including phenoxy) is 2. The van der Waals surface area contributed by atoms with E-state index in [-0.39, 0.29) is 0 Å². The fourth-order valence-corrected chi connectivity index (χ4v) is 3.84. The van der Waals surface area contributed by atoms with Crippen molar-refractivity contribution < 1.29 is 9.47 Å². The van der Waals surface area contributed by atoms with E-state index in [0.29, 0.717) is 23.9 Å². The zero-order chi connectivity index (χ0) is 21.0. The second kappa shape index (κ2) is 8.75. The molecule has 0 unspecified atom stereocenters. The second-order valence-corrected chi connectivity index (χ2v) is 7.62. The zero-order valence-corrected chi connectivity index (χ0v) is 17.3. The highest BCUT2D eigenvalue weighted by Gasteiger charge is 2.12. The third kappa shape index (κ3) is 4.38. The molecule has 0 aliphatic carbocycles. The Hall–Kier alpha value is -3.42. The van der Waals surface area contributed by atoms with E-state index in [1.807, 2.05) is 30.3 Å². The number of aromatic nitrogens is 2. The van der Waals surface area contributed by atoms with Gasteiger partial charge in [0, 0.05) is 36.8 Å². The number of hydrogen-bond donors (Lipinski definition) is 2. The molecule has 0 bridgehead atoms. The summed E-state index contributed by atoms with van der Waals surface area (Å²) in [7, 11) is 0. The molecule has 3 N–H and O–H groups in total. The smallest absolute Gasteiger partial charge is 0.144 e. The van der Waals surface area contributed by atoms with Crippen LogP contribution < -0.4 is 15.8 Å². The summed E-state index contributed by atoms with van der Waals surface area (Å²) >= 11 is 0. The molecule has 1 aliphatic rings. The number of nitrogen functional groups attached to an aromatic ring is 1. The average molecular weight is 415 g/mol. The van der Waals surface area contributed by atoms with Gasteiger partial charge in [-0.2, -0.15) is 0 Å². The minimum absolute atomic E-state index is 0.572. The lowest BCUT2D eigenvalue weighted by atomic mass is 10.1. The topological polar surface area (TPSA) is 85.5 Å². The van der Waals surface area contributed by atoms with Gasteiger partial charge in [-0.25, -0.2) is 9.97 Å². The van der Waals surface area contributed by atoms with Crippen molar-refractivity contribution in [3.63, 3.8) is 0 Å². The molecule has 0 spiro atoms. The second-order valence-electron chi connectivity index (χ2n) is 7.62. The van der Waals surface area contributed by atoms with Gasteiger partial charge in [0.25, 0.3) is 0 Å². The number of rotatable bonds is 6. The molecule has 158 valence electrons. The van der Waals surface area contributed by atoms with Gasteiger partial charge < -0.3 is 20.5 Å². The summed E-state index contributed by atoms with van der Waals surface area (Å²) in [4.78, 5) is 11.2. The molecule has 5 rings (SSSR count). The summed E-state index contributed by atoms with van der Waals surface area (Å²) in [6.45, 7) is 4.85. The number of anilines is 3. The average Bonchev–Trinajstić information content (AvgIpc) is 2.80. The first-order valence-corrected chi connectivity index (χ1v) is 10.5. The SMILES string of the molecule is Nc1cc2c(Nc3ccc4ccccc4c3)ncnc2cc1OCCN1CCOCC1. The van der Waals surface area contributed by atoms with Crippen LogP contribution in [-0.4, -0.2) is 54.3 Å². The number of benzene rings is 3. The normalized spacial score (nSPS) is 14.7. The van der Waals surface area contributed by atoms with Crippen molar-refractivity contribution in [3.8, 4) is 5.75 Å². The summed E-state index contributed by atoms with van der Waals surface area (Å²) < 4.78 is 11.3. The molecule has 1 aliphatic heterocycles. The van der Waals surface area contributed by atoms with E-state index in [1.54, 1.807) is 6.33 Å². The van der Waals surface area contributed by atoms with Gasteiger partial charge in [-0.15, -0.1) is 0 Å². The van der Waals surface area contributed by atoms with E-state index in [4.69, 9.17) is 15.2 Å². The van der Waals surface area contributed by atoms with Crippen molar-refractivity contribution in [2.75, 3.05) is 50.5 Å². The first-order chi connectivity index (χ1) is 15.3. The Morgan fingerprint density at radius 2 is 1.84 bits per heavy atom. The van der Waals surface area contributed by atoms with E-state index in [0.717, 1.165) is 49.4 Å². The quantitative estimate of drug-likeness (QED) is 0.463. The van der Waals surface area contributed by atoms with Crippen LogP contribution in [0.4, 0.5) is 17.2 Å². The van der Waals surface area contributed by atoms with Gasteiger partial charge in [-0.3, -0.25) is 4.90 Å². The van der Waals surface area contributed by atoms with E-state index in [2.05, 4.69) is 44.5 Å². The van der Waals surface area contributed by atoms with Gasteiger partial charge in [-0.05, 0) is 29.0 Å². The molecule has 4 aromatic rings. The van der Waals surface area contributed by atoms with E-state index >= 15 is 0 Å². The Morgan fingerprint density at radius 3 is 2.71 bits per heavy atom. The molecule has 0 amide bonds. The monoisotopic (exact) mass is 415 g/mol. The van der Waals surface area contributed by atoms with Crippen molar-refractivity contribution >= 4 is 38.9 Å². The van der Waals surface area contributed by atoms with Gasteiger partial charge in [0.2, 0.25) is 0 Å². The maximum atomic E-state index is 6.30. The van der Waals surface area contributed by atoms with Gasteiger partial charge in [0.15, 0.2) is 0 Å². The Labute approximate surface area is 180 Å². The Morgan fingerprint density at radius 1 is 1.00 bits per heavy atom. The van der Waals surface area contributed by atoms with E-state index in [1.165, 1.54) is 10.8 Å². The number of morpholine rings is 1. The summed E-state index contributed by atoms with van der Waals surface area (Å²) in [5.74, 6) is 1.36. The van der Waals surface area contributed by atoms with Crippen LogP contribution >= 0.6 is 0 Å². The first-order valence-electron chi connectivity index (χ1n) is 10.5. The van der Waals surface area contributed by atoms with E-state index < -0.39 is 0 Å². The maximum Gasteiger partial charge on any atom is 0.144 e. The lowest BCUT2D eigenvalue weighted by Gasteiger charge is -2.26. The molecule has 1 fully saturated rings. The van der Waals surface area contributed by atoms with E-state index in [9.17, 15) is 0 Å². The van der Waals surface area contributed by atoms with Crippen LogP contribution in [0.25, 0.3) is 21.7 Å². The van der Waals surface area contributed by atoms with Crippen LogP contribution in [0.3, 0.4) is 0 Å². The van der Waals surface area contributed by atoms with Crippen LogP contribution in [0.2, 0.25) is 0 Å². The fraction of sp³-hybridized carbons (Fsp3) is 0.250. The number of fused-ring (bicyclic) bond motifs is 2. The zero-order valence-electron chi connectivity index (χ0n) is 17.3. The largest absolute Gasteiger partial charge is 0.490 e. The molecular weight excluding hydrogens is 390 g/mol. The minimum Gasteiger partial charge on any atom is -0.490 e. The highest BCUT2D eigenvalue weighted by atomic mass is 16.5. The standard InChI is InChI=1S/C24H25N5O2/c25-21-14-20-22(15-23(21)31-12-9-29-7-10-30-11-8-29)26-16-27-24(20)28-19-6-5-17-3-1-2-4-18(17)13-19/h1-6,13-16H,7-12,25H2,(H,26,27,28). The number of nitrogens with one attached hydrogen (secondary N) is 1. The van der Waals surface area contributed by atoms with Gasteiger partial charge in [0.05, 0.1) is 24.4 Å². The van der Waals surface area contributed by atoms with Crippen LogP contribution in [0.1, 0.15) is 0 Å². The van der Waals surface area contributed by atoms with Crippen molar-refractivity contribution in [3.05, 3.63) is 60.9 Å². The maximum absolute atomic E-state index is 6.30. The van der Waals surface area contributed by atoms with Gasteiger partial charge in [-0.1, -0.05) is 30.3 Å². The lowest BCUT2D eigenvalue weighted by molar-refractivity contribution is 0.0323. The molecule has 0 radical (unpaired) electrons. The number of nitrogens with zero attached hydrogens (tertiary/aromatic N) is 3. The summed E-state index contributed by atoms with van der Waals surface area (Å²) in [5.41, 5.74) is 8.62. The van der Waals surface area contributed by atoms with Gasteiger partial charge in [0.1, 0.15) is 24.5 Å². The highest BCUT2D eigenvalue weighted by molar-refractivity contribution is 5.95. The molecule has 7 nitrogen and oxygen atoms in total. The molecule has 0 atom stereocenters. The Kier molecular flexibility index (Phi) is 5.52. The third-order valence-electron chi connectivity index (χ3n) is 5.55. The molecule has 7 heteroatoms.